The molecule has 152 valence electrons. The SMILES string of the molecule is Cc1ccc(CN(C)C(=O)Cn2nnc(-c3cccc(C(=O)OC(C)C)c3)n2)o1. The van der Waals surface area contributed by atoms with E-state index in [9.17, 15) is 9.59 Å². The van der Waals surface area contributed by atoms with Crippen molar-refractivity contribution in [3.63, 3.8) is 0 Å². The number of esters is 1. The number of amides is 1. The minimum atomic E-state index is -0.417. The number of aryl methyl sites for hydroxylation is 1. The Labute approximate surface area is 168 Å². The van der Waals surface area contributed by atoms with Gasteiger partial charge in [-0.2, -0.15) is 4.80 Å². The normalized spacial score (nSPS) is 10.9. The quantitative estimate of drug-likeness (QED) is 0.564. The highest BCUT2D eigenvalue weighted by Gasteiger charge is 2.16. The summed E-state index contributed by atoms with van der Waals surface area (Å²) in [6, 6.07) is 10.5. The second-order valence-corrected chi connectivity index (χ2v) is 6.94. The minimum absolute atomic E-state index is 0.0573. The lowest BCUT2D eigenvalue weighted by Gasteiger charge is -2.14. The maximum Gasteiger partial charge on any atom is 0.338 e. The number of benzene rings is 1. The van der Waals surface area contributed by atoms with E-state index in [2.05, 4.69) is 15.4 Å². The van der Waals surface area contributed by atoms with Gasteiger partial charge in [-0.15, -0.1) is 10.2 Å². The van der Waals surface area contributed by atoms with E-state index in [1.165, 1.54) is 9.70 Å². The molecular weight excluding hydrogens is 374 g/mol. The van der Waals surface area contributed by atoms with Crippen molar-refractivity contribution in [2.45, 2.75) is 40.0 Å². The van der Waals surface area contributed by atoms with Gasteiger partial charge < -0.3 is 14.1 Å². The standard InChI is InChI=1S/C20H23N5O4/c1-13(2)28-20(27)16-7-5-6-15(10-16)19-21-23-25(22-19)12-18(26)24(4)11-17-9-8-14(3)29-17/h5-10,13H,11-12H2,1-4H3. The first-order valence-electron chi connectivity index (χ1n) is 9.20. The second kappa shape index (κ2) is 8.68. The fourth-order valence-electron chi connectivity index (χ4n) is 2.63. The summed E-state index contributed by atoms with van der Waals surface area (Å²) in [5, 5.41) is 12.2. The summed E-state index contributed by atoms with van der Waals surface area (Å²) < 4.78 is 10.7. The number of furan rings is 1. The van der Waals surface area contributed by atoms with E-state index in [1.807, 2.05) is 19.1 Å². The fourth-order valence-corrected chi connectivity index (χ4v) is 2.63. The Morgan fingerprint density at radius 3 is 2.72 bits per heavy atom. The Balaban J connectivity index is 1.66. The zero-order chi connectivity index (χ0) is 21.0. The van der Waals surface area contributed by atoms with E-state index in [0.717, 1.165) is 5.76 Å². The Morgan fingerprint density at radius 2 is 2.03 bits per heavy atom. The zero-order valence-corrected chi connectivity index (χ0v) is 16.8. The third kappa shape index (κ3) is 5.28. The highest BCUT2D eigenvalue weighted by Crippen LogP contribution is 2.17. The van der Waals surface area contributed by atoms with Crippen molar-refractivity contribution in [2.75, 3.05) is 7.05 Å². The molecule has 3 rings (SSSR count). The predicted octanol–water partition coefficient (Wildman–Crippen LogP) is 2.47. The predicted molar refractivity (Wildman–Crippen MR) is 104 cm³/mol. The zero-order valence-electron chi connectivity index (χ0n) is 16.8. The molecule has 0 aliphatic carbocycles. The summed E-state index contributed by atoms with van der Waals surface area (Å²) in [6.45, 7) is 5.72. The van der Waals surface area contributed by atoms with Gasteiger partial charge in [0.2, 0.25) is 11.7 Å². The number of ether oxygens (including phenoxy) is 1. The molecule has 1 aromatic carbocycles. The molecule has 0 aliphatic rings. The molecule has 0 saturated heterocycles. The van der Waals surface area contributed by atoms with Gasteiger partial charge in [-0.1, -0.05) is 12.1 Å². The summed E-state index contributed by atoms with van der Waals surface area (Å²) in [5.74, 6) is 1.22. The van der Waals surface area contributed by atoms with Crippen molar-refractivity contribution in [1.82, 2.24) is 25.1 Å². The number of rotatable bonds is 7. The number of aromatic nitrogens is 4. The van der Waals surface area contributed by atoms with Gasteiger partial charge >= 0.3 is 5.97 Å². The van der Waals surface area contributed by atoms with Crippen molar-refractivity contribution in [1.29, 1.82) is 0 Å². The maximum absolute atomic E-state index is 12.4. The Bertz CT molecular complexity index is 1010. The molecule has 0 atom stereocenters. The van der Waals surface area contributed by atoms with Gasteiger partial charge in [-0.25, -0.2) is 4.79 Å². The van der Waals surface area contributed by atoms with Crippen molar-refractivity contribution in [2.24, 2.45) is 0 Å². The van der Waals surface area contributed by atoms with Crippen molar-refractivity contribution >= 4 is 11.9 Å². The molecular formula is C20H23N5O4. The average molecular weight is 397 g/mol. The van der Waals surface area contributed by atoms with Gasteiger partial charge in [0.05, 0.1) is 18.2 Å². The van der Waals surface area contributed by atoms with Crippen LogP contribution in [-0.2, 0) is 22.6 Å². The van der Waals surface area contributed by atoms with Crippen molar-refractivity contribution < 1.29 is 18.7 Å². The molecule has 3 aromatic rings. The number of carbonyl (C=O) groups excluding carboxylic acids is 2. The van der Waals surface area contributed by atoms with Crippen LogP contribution < -0.4 is 0 Å². The van der Waals surface area contributed by atoms with E-state index in [-0.39, 0.29) is 18.6 Å². The van der Waals surface area contributed by atoms with Crippen LogP contribution in [0.3, 0.4) is 0 Å². The molecule has 0 radical (unpaired) electrons. The second-order valence-electron chi connectivity index (χ2n) is 6.94. The molecule has 0 unspecified atom stereocenters. The van der Waals surface area contributed by atoms with E-state index < -0.39 is 5.97 Å². The first-order valence-corrected chi connectivity index (χ1v) is 9.20. The summed E-state index contributed by atoms with van der Waals surface area (Å²) in [6.07, 6.45) is -0.210. The Kier molecular flexibility index (Phi) is 6.06. The van der Waals surface area contributed by atoms with Crippen molar-refractivity contribution in [3.8, 4) is 11.4 Å². The summed E-state index contributed by atoms with van der Waals surface area (Å²) in [5.41, 5.74) is 1.01. The maximum atomic E-state index is 12.4. The van der Waals surface area contributed by atoms with Crippen LogP contribution in [0.2, 0.25) is 0 Å². The van der Waals surface area contributed by atoms with Gasteiger partial charge in [0.15, 0.2) is 0 Å². The Morgan fingerprint density at radius 1 is 1.24 bits per heavy atom. The molecule has 29 heavy (non-hydrogen) atoms. The Hall–Kier alpha value is -3.49. The van der Waals surface area contributed by atoms with Gasteiger partial charge in [0.25, 0.3) is 0 Å². The molecule has 0 saturated carbocycles. The first-order chi connectivity index (χ1) is 13.8. The molecule has 0 bridgehead atoms. The number of carbonyl (C=O) groups is 2. The fraction of sp³-hybridized carbons (Fsp3) is 0.350. The molecule has 0 N–H and O–H groups in total. The lowest BCUT2D eigenvalue weighted by atomic mass is 10.1. The number of likely N-dealkylation sites (N-methyl/N-ethyl adjacent to an activating group) is 1. The largest absolute Gasteiger partial charge is 0.464 e. The molecule has 1 amide bonds. The van der Waals surface area contributed by atoms with Crippen molar-refractivity contribution in [3.05, 3.63) is 53.5 Å². The van der Waals surface area contributed by atoms with Gasteiger partial charge in [-0.05, 0) is 50.3 Å². The molecule has 9 heteroatoms. The van der Waals surface area contributed by atoms with Crippen LogP contribution in [0.1, 0.15) is 35.7 Å². The number of hydrogen-bond acceptors (Lipinski definition) is 7. The van der Waals surface area contributed by atoms with Gasteiger partial charge in [-0.3, -0.25) is 4.79 Å². The van der Waals surface area contributed by atoms with Gasteiger partial charge in [0, 0.05) is 12.6 Å². The van der Waals surface area contributed by atoms with E-state index in [0.29, 0.717) is 29.3 Å². The van der Waals surface area contributed by atoms with Gasteiger partial charge in [0.1, 0.15) is 18.1 Å². The third-order valence-corrected chi connectivity index (χ3v) is 4.04. The van der Waals surface area contributed by atoms with E-state index in [4.69, 9.17) is 9.15 Å². The summed E-state index contributed by atoms with van der Waals surface area (Å²) in [7, 11) is 1.68. The minimum Gasteiger partial charge on any atom is -0.464 e. The highest BCUT2D eigenvalue weighted by molar-refractivity contribution is 5.90. The third-order valence-electron chi connectivity index (χ3n) is 4.04. The van der Waals surface area contributed by atoms with Crippen LogP contribution in [0.4, 0.5) is 0 Å². The first kappa shape index (κ1) is 20.2. The average Bonchev–Trinajstić information content (AvgIpc) is 3.30. The van der Waals surface area contributed by atoms with Crippen LogP contribution in [0.25, 0.3) is 11.4 Å². The topological polar surface area (TPSA) is 103 Å². The van der Waals surface area contributed by atoms with Crippen LogP contribution in [0, 0.1) is 6.92 Å². The number of nitrogens with zero attached hydrogens (tertiary/aromatic N) is 5. The van der Waals surface area contributed by atoms with Crippen LogP contribution in [-0.4, -0.2) is 50.1 Å². The number of tetrazole rings is 1. The lowest BCUT2D eigenvalue weighted by Crippen LogP contribution is -2.30. The molecule has 0 fully saturated rings. The monoisotopic (exact) mass is 397 g/mol. The molecule has 2 aromatic heterocycles. The van der Waals surface area contributed by atoms with Crippen LogP contribution in [0.15, 0.2) is 40.8 Å². The molecule has 2 heterocycles. The molecule has 0 spiro atoms. The number of hydrogen-bond donors (Lipinski definition) is 0. The highest BCUT2D eigenvalue weighted by atomic mass is 16.5. The lowest BCUT2D eigenvalue weighted by molar-refractivity contribution is -0.131. The molecule has 0 aliphatic heterocycles. The van der Waals surface area contributed by atoms with Crippen LogP contribution >= 0.6 is 0 Å². The summed E-state index contributed by atoms with van der Waals surface area (Å²) in [4.78, 5) is 27.2. The smallest absolute Gasteiger partial charge is 0.338 e. The van der Waals surface area contributed by atoms with Crippen LogP contribution in [0.5, 0.6) is 0 Å². The van der Waals surface area contributed by atoms with E-state index >= 15 is 0 Å². The molecule has 9 nitrogen and oxygen atoms in total. The summed E-state index contributed by atoms with van der Waals surface area (Å²) >= 11 is 0. The van der Waals surface area contributed by atoms with E-state index in [1.54, 1.807) is 45.2 Å².